The summed E-state index contributed by atoms with van der Waals surface area (Å²) in [6.45, 7) is 4.83. The largest absolute Gasteiger partial charge is 0.342 e. The van der Waals surface area contributed by atoms with Gasteiger partial charge in [-0.15, -0.1) is 0 Å². The number of carbonyl (C=O) groups excluding carboxylic acids is 1. The van der Waals surface area contributed by atoms with Crippen molar-refractivity contribution in [3.05, 3.63) is 34.9 Å². The van der Waals surface area contributed by atoms with Crippen molar-refractivity contribution in [2.45, 2.75) is 33.1 Å². The summed E-state index contributed by atoms with van der Waals surface area (Å²) >= 11 is 3.42. The van der Waals surface area contributed by atoms with Crippen LogP contribution in [0.2, 0.25) is 0 Å². The maximum atomic E-state index is 12.4. The number of aryl methyl sites for hydroxylation is 2. The van der Waals surface area contributed by atoms with Gasteiger partial charge in [0.15, 0.2) is 0 Å². The number of alkyl halides is 1. The van der Waals surface area contributed by atoms with E-state index in [-0.39, 0.29) is 5.91 Å². The van der Waals surface area contributed by atoms with Gasteiger partial charge in [-0.05, 0) is 37.8 Å². The molecule has 0 saturated carbocycles. The number of hydrogen-bond donors (Lipinski definition) is 0. The van der Waals surface area contributed by atoms with E-state index in [1.54, 1.807) is 0 Å². The van der Waals surface area contributed by atoms with Crippen molar-refractivity contribution in [2.24, 2.45) is 0 Å². The summed E-state index contributed by atoms with van der Waals surface area (Å²) in [6, 6.07) is 6.00. The van der Waals surface area contributed by atoms with E-state index in [0.717, 1.165) is 41.4 Å². The predicted octanol–water partition coefficient (Wildman–Crippen LogP) is 3.94. The topological polar surface area (TPSA) is 20.3 Å². The van der Waals surface area contributed by atoms with Crippen molar-refractivity contribution in [3.8, 4) is 0 Å². The second-order valence-corrected chi connectivity index (χ2v) is 5.54. The Morgan fingerprint density at radius 3 is 2.33 bits per heavy atom. The molecule has 100 valence electrons. The summed E-state index contributed by atoms with van der Waals surface area (Å²) < 4.78 is 0. The fourth-order valence-corrected chi connectivity index (χ4v) is 2.46. The number of hydrogen-bond acceptors (Lipinski definition) is 1. The molecule has 0 fully saturated rings. The number of unbranched alkanes of at least 4 members (excludes halogenated alkanes) is 2. The van der Waals surface area contributed by atoms with Crippen LogP contribution in [0.25, 0.3) is 0 Å². The van der Waals surface area contributed by atoms with E-state index < -0.39 is 0 Å². The second kappa shape index (κ2) is 7.57. The van der Waals surface area contributed by atoms with Crippen molar-refractivity contribution in [1.29, 1.82) is 0 Å². The van der Waals surface area contributed by atoms with E-state index in [9.17, 15) is 4.79 Å². The first-order valence-electron chi connectivity index (χ1n) is 6.45. The van der Waals surface area contributed by atoms with Gasteiger partial charge in [0, 0.05) is 24.5 Å². The molecule has 0 bridgehead atoms. The minimum Gasteiger partial charge on any atom is -0.342 e. The van der Waals surface area contributed by atoms with Crippen LogP contribution < -0.4 is 0 Å². The molecule has 0 unspecified atom stereocenters. The van der Waals surface area contributed by atoms with E-state index in [4.69, 9.17) is 0 Å². The van der Waals surface area contributed by atoms with Crippen LogP contribution in [0.15, 0.2) is 18.2 Å². The van der Waals surface area contributed by atoms with E-state index in [2.05, 4.69) is 15.9 Å². The van der Waals surface area contributed by atoms with E-state index in [0.29, 0.717) is 0 Å². The molecule has 1 amide bonds. The molecule has 3 heteroatoms. The zero-order chi connectivity index (χ0) is 13.5. The molecule has 1 aromatic rings. The third-order valence-electron chi connectivity index (χ3n) is 3.17. The fourth-order valence-electron chi connectivity index (χ4n) is 2.06. The van der Waals surface area contributed by atoms with Gasteiger partial charge in [-0.1, -0.05) is 40.5 Å². The summed E-state index contributed by atoms with van der Waals surface area (Å²) in [6.07, 6.45) is 3.40. The van der Waals surface area contributed by atoms with Crippen LogP contribution in [-0.4, -0.2) is 29.7 Å². The van der Waals surface area contributed by atoms with Crippen LogP contribution in [0.1, 0.15) is 40.7 Å². The normalized spacial score (nSPS) is 10.4. The molecule has 0 aliphatic carbocycles. The molecular weight excluding hydrogens is 290 g/mol. The standard InChI is InChI=1S/C15H22BrNO/c1-12-8-7-9-13(2)14(12)15(18)17(3)11-6-4-5-10-16/h7-9H,4-6,10-11H2,1-3H3. The Balaban J connectivity index is 2.63. The quantitative estimate of drug-likeness (QED) is 0.575. The number of halogens is 1. The Morgan fingerprint density at radius 2 is 1.78 bits per heavy atom. The molecule has 18 heavy (non-hydrogen) atoms. The predicted molar refractivity (Wildman–Crippen MR) is 80.5 cm³/mol. The summed E-state index contributed by atoms with van der Waals surface area (Å²) in [5.74, 6) is 0.143. The second-order valence-electron chi connectivity index (χ2n) is 4.74. The molecule has 2 nitrogen and oxygen atoms in total. The van der Waals surface area contributed by atoms with Crippen LogP contribution in [0.4, 0.5) is 0 Å². The van der Waals surface area contributed by atoms with E-state index in [1.807, 2.05) is 44.0 Å². The van der Waals surface area contributed by atoms with Crippen molar-refractivity contribution in [2.75, 3.05) is 18.9 Å². The zero-order valence-corrected chi connectivity index (χ0v) is 13.1. The van der Waals surface area contributed by atoms with Gasteiger partial charge >= 0.3 is 0 Å². The zero-order valence-electron chi connectivity index (χ0n) is 11.5. The molecular formula is C15H22BrNO. The lowest BCUT2D eigenvalue weighted by Crippen LogP contribution is -2.29. The SMILES string of the molecule is Cc1cccc(C)c1C(=O)N(C)CCCCCBr. The maximum Gasteiger partial charge on any atom is 0.254 e. The highest BCUT2D eigenvalue weighted by Crippen LogP contribution is 2.15. The van der Waals surface area contributed by atoms with Crippen molar-refractivity contribution in [3.63, 3.8) is 0 Å². The minimum absolute atomic E-state index is 0.143. The third kappa shape index (κ3) is 4.13. The average Bonchev–Trinajstić information content (AvgIpc) is 2.34. The molecule has 0 aromatic heterocycles. The minimum atomic E-state index is 0.143. The number of carbonyl (C=O) groups is 1. The average molecular weight is 312 g/mol. The van der Waals surface area contributed by atoms with Gasteiger partial charge in [0.1, 0.15) is 0 Å². The first kappa shape index (κ1) is 15.2. The van der Waals surface area contributed by atoms with Crippen molar-refractivity contribution in [1.82, 2.24) is 4.90 Å². The monoisotopic (exact) mass is 311 g/mol. The summed E-state index contributed by atoms with van der Waals surface area (Å²) in [4.78, 5) is 14.2. The summed E-state index contributed by atoms with van der Waals surface area (Å²) in [7, 11) is 1.89. The number of rotatable bonds is 6. The molecule has 1 rings (SSSR count). The first-order valence-corrected chi connectivity index (χ1v) is 7.57. The van der Waals surface area contributed by atoms with Crippen LogP contribution in [0.3, 0.4) is 0 Å². The Hall–Kier alpha value is -0.830. The van der Waals surface area contributed by atoms with Gasteiger partial charge in [0.2, 0.25) is 0 Å². The fraction of sp³-hybridized carbons (Fsp3) is 0.533. The van der Waals surface area contributed by atoms with Gasteiger partial charge in [0.05, 0.1) is 0 Å². The first-order chi connectivity index (χ1) is 8.57. The van der Waals surface area contributed by atoms with Crippen LogP contribution in [0, 0.1) is 13.8 Å². The van der Waals surface area contributed by atoms with Gasteiger partial charge in [0.25, 0.3) is 5.91 Å². The van der Waals surface area contributed by atoms with Crippen LogP contribution >= 0.6 is 15.9 Å². The highest BCUT2D eigenvalue weighted by molar-refractivity contribution is 9.09. The van der Waals surface area contributed by atoms with Gasteiger partial charge in [-0.25, -0.2) is 0 Å². The molecule has 0 saturated heterocycles. The van der Waals surface area contributed by atoms with Crippen molar-refractivity contribution >= 4 is 21.8 Å². The number of benzene rings is 1. The smallest absolute Gasteiger partial charge is 0.254 e. The Kier molecular flexibility index (Phi) is 6.41. The molecule has 0 spiro atoms. The highest BCUT2D eigenvalue weighted by Gasteiger charge is 2.15. The van der Waals surface area contributed by atoms with Crippen molar-refractivity contribution < 1.29 is 4.79 Å². The van der Waals surface area contributed by atoms with Gasteiger partial charge in [-0.3, -0.25) is 4.79 Å². The Labute approximate surface area is 119 Å². The molecule has 0 aliphatic rings. The Morgan fingerprint density at radius 1 is 1.17 bits per heavy atom. The molecule has 1 aromatic carbocycles. The summed E-state index contributed by atoms with van der Waals surface area (Å²) in [5, 5.41) is 1.04. The molecule has 0 atom stereocenters. The lowest BCUT2D eigenvalue weighted by Gasteiger charge is -2.19. The third-order valence-corrected chi connectivity index (χ3v) is 3.73. The lowest BCUT2D eigenvalue weighted by molar-refractivity contribution is 0.0791. The summed E-state index contributed by atoms with van der Waals surface area (Å²) in [5.41, 5.74) is 2.99. The molecule has 0 aliphatic heterocycles. The Bertz CT molecular complexity index is 383. The highest BCUT2D eigenvalue weighted by atomic mass is 79.9. The number of nitrogens with zero attached hydrogens (tertiary/aromatic N) is 1. The molecule has 0 heterocycles. The van der Waals surface area contributed by atoms with E-state index >= 15 is 0 Å². The van der Waals surface area contributed by atoms with Crippen LogP contribution in [0.5, 0.6) is 0 Å². The van der Waals surface area contributed by atoms with E-state index in [1.165, 1.54) is 6.42 Å². The molecule has 0 radical (unpaired) electrons. The maximum absolute atomic E-state index is 12.4. The molecule has 0 N–H and O–H groups in total. The number of amides is 1. The van der Waals surface area contributed by atoms with Crippen LogP contribution in [-0.2, 0) is 0 Å². The van der Waals surface area contributed by atoms with Gasteiger partial charge in [-0.2, -0.15) is 0 Å². The lowest BCUT2D eigenvalue weighted by atomic mass is 10.0. The van der Waals surface area contributed by atoms with Gasteiger partial charge < -0.3 is 4.90 Å².